The van der Waals surface area contributed by atoms with Gasteiger partial charge in [-0.05, 0) is 31.1 Å². The van der Waals surface area contributed by atoms with Gasteiger partial charge >= 0.3 is 0 Å². The van der Waals surface area contributed by atoms with Gasteiger partial charge in [-0.2, -0.15) is 0 Å². The van der Waals surface area contributed by atoms with E-state index in [0.29, 0.717) is 12.1 Å². The molecule has 2 aromatic carbocycles. The Morgan fingerprint density at radius 2 is 1.58 bits per heavy atom. The zero-order valence-corrected chi connectivity index (χ0v) is 15.4. The highest BCUT2D eigenvalue weighted by Gasteiger charge is 2.28. The molecule has 1 aliphatic heterocycles. The van der Waals surface area contributed by atoms with Crippen LogP contribution < -0.4 is 5.32 Å². The molecule has 0 aliphatic carbocycles. The van der Waals surface area contributed by atoms with Gasteiger partial charge in [-0.3, -0.25) is 4.98 Å². The van der Waals surface area contributed by atoms with Crippen LogP contribution in [0.15, 0.2) is 84.6 Å². The van der Waals surface area contributed by atoms with Crippen molar-refractivity contribution >= 4 is 0 Å². The second-order valence-corrected chi connectivity index (χ2v) is 7.17. The molecule has 0 bridgehead atoms. The van der Waals surface area contributed by atoms with Crippen molar-refractivity contribution in [3.63, 3.8) is 0 Å². The first-order valence-corrected chi connectivity index (χ1v) is 9.31. The van der Waals surface area contributed by atoms with Crippen molar-refractivity contribution in [3.8, 4) is 11.3 Å². The van der Waals surface area contributed by atoms with Gasteiger partial charge in [0, 0.05) is 29.3 Å². The lowest BCUT2D eigenvalue weighted by Crippen LogP contribution is -2.87. The smallest absolute Gasteiger partial charge is 0.133 e. The number of aryl methyl sites for hydroxylation is 1. The van der Waals surface area contributed by atoms with Crippen molar-refractivity contribution in [1.29, 1.82) is 0 Å². The van der Waals surface area contributed by atoms with E-state index in [0.717, 1.165) is 12.1 Å². The van der Waals surface area contributed by atoms with E-state index in [2.05, 4.69) is 92.1 Å². The third kappa shape index (κ3) is 3.33. The minimum absolute atomic E-state index is 0.393. The van der Waals surface area contributed by atoms with Crippen LogP contribution in [0.5, 0.6) is 0 Å². The van der Waals surface area contributed by atoms with Gasteiger partial charge in [-0.15, -0.1) is 0 Å². The Bertz CT molecular complexity index is 913. The lowest BCUT2D eigenvalue weighted by Gasteiger charge is -2.28. The first-order valence-electron chi connectivity index (χ1n) is 9.31. The fraction of sp³-hybridized carbons (Fsp3) is 0.208. The maximum absolute atomic E-state index is 4.80. The van der Waals surface area contributed by atoms with E-state index in [9.17, 15) is 0 Å². The van der Waals surface area contributed by atoms with Crippen LogP contribution in [0.25, 0.3) is 11.3 Å². The fourth-order valence-electron chi connectivity index (χ4n) is 3.88. The molecule has 0 saturated carbocycles. The molecular formula is C24H25N2+. The summed E-state index contributed by atoms with van der Waals surface area (Å²) < 4.78 is 0. The van der Waals surface area contributed by atoms with Gasteiger partial charge in [0.1, 0.15) is 12.1 Å². The summed E-state index contributed by atoms with van der Waals surface area (Å²) in [6.07, 6.45) is 5.51. The second-order valence-electron chi connectivity index (χ2n) is 7.17. The zero-order chi connectivity index (χ0) is 17.9. The van der Waals surface area contributed by atoms with Crippen LogP contribution in [-0.2, 0) is 0 Å². The number of rotatable bonds is 3. The van der Waals surface area contributed by atoms with Crippen LogP contribution in [0.4, 0.5) is 0 Å². The summed E-state index contributed by atoms with van der Waals surface area (Å²) in [5.41, 5.74) is 7.63. The molecular weight excluding hydrogens is 316 g/mol. The molecule has 130 valence electrons. The number of benzene rings is 2. The van der Waals surface area contributed by atoms with Crippen LogP contribution in [0, 0.1) is 6.92 Å². The number of hydrogen-bond acceptors (Lipinski definition) is 1. The molecule has 2 nitrogen and oxygen atoms in total. The second kappa shape index (κ2) is 7.27. The Kier molecular flexibility index (Phi) is 4.68. The molecule has 0 saturated heterocycles. The minimum Gasteiger partial charge on any atom is -0.330 e. The molecule has 0 unspecified atom stereocenters. The minimum atomic E-state index is 0.393. The summed E-state index contributed by atoms with van der Waals surface area (Å²) in [6.45, 7) is 4.41. The molecule has 2 N–H and O–H groups in total. The Morgan fingerprint density at radius 1 is 0.885 bits per heavy atom. The molecule has 3 aromatic rings. The third-order valence-electron chi connectivity index (χ3n) is 5.34. The average molecular weight is 341 g/mol. The number of hydrogen-bond donors (Lipinski definition) is 1. The van der Waals surface area contributed by atoms with Gasteiger partial charge in [0.25, 0.3) is 0 Å². The first kappa shape index (κ1) is 16.7. The molecule has 26 heavy (non-hydrogen) atoms. The van der Waals surface area contributed by atoms with Crippen molar-refractivity contribution < 1.29 is 5.32 Å². The maximum Gasteiger partial charge on any atom is 0.133 e. The van der Waals surface area contributed by atoms with Gasteiger partial charge in [0.15, 0.2) is 0 Å². The molecule has 1 aliphatic rings. The SMILES string of the molecule is CC1=CC[C@@H](c2cnc(-c3ccccc3)c(C)c2)[NH2+][C@@H]1c1ccccc1. The van der Waals surface area contributed by atoms with Crippen LogP contribution in [0.3, 0.4) is 0 Å². The molecule has 2 heteroatoms. The molecule has 0 spiro atoms. The number of aromatic nitrogens is 1. The van der Waals surface area contributed by atoms with Crippen LogP contribution >= 0.6 is 0 Å². The van der Waals surface area contributed by atoms with E-state index >= 15 is 0 Å². The highest BCUT2D eigenvalue weighted by Crippen LogP contribution is 2.28. The topological polar surface area (TPSA) is 29.5 Å². The molecule has 2 atom stereocenters. The monoisotopic (exact) mass is 341 g/mol. The van der Waals surface area contributed by atoms with Crippen molar-refractivity contribution in [2.75, 3.05) is 0 Å². The van der Waals surface area contributed by atoms with Gasteiger partial charge in [0.2, 0.25) is 0 Å². The van der Waals surface area contributed by atoms with Crippen LogP contribution in [0.2, 0.25) is 0 Å². The summed E-state index contributed by atoms with van der Waals surface area (Å²) in [5, 5.41) is 2.49. The van der Waals surface area contributed by atoms with Crippen LogP contribution in [-0.4, -0.2) is 4.98 Å². The summed E-state index contributed by atoms with van der Waals surface area (Å²) >= 11 is 0. The fourth-order valence-corrected chi connectivity index (χ4v) is 3.88. The summed E-state index contributed by atoms with van der Waals surface area (Å²) in [5.74, 6) is 0. The third-order valence-corrected chi connectivity index (χ3v) is 5.34. The Morgan fingerprint density at radius 3 is 2.27 bits per heavy atom. The van der Waals surface area contributed by atoms with Gasteiger partial charge < -0.3 is 5.32 Å². The molecule has 2 heterocycles. The van der Waals surface area contributed by atoms with Crippen LogP contribution in [0.1, 0.15) is 42.1 Å². The number of nitrogens with zero attached hydrogens (tertiary/aromatic N) is 1. The predicted octanol–water partition coefficient (Wildman–Crippen LogP) is 4.75. The van der Waals surface area contributed by atoms with Gasteiger partial charge in [-0.25, -0.2) is 0 Å². The normalized spacial score (nSPS) is 19.8. The molecule has 0 fully saturated rings. The molecule has 4 rings (SSSR count). The lowest BCUT2D eigenvalue weighted by molar-refractivity contribution is -0.729. The van der Waals surface area contributed by atoms with E-state index in [4.69, 9.17) is 4.98 Å². The Labute approximate surface area is 155 Å². The number of nitrogens with two attached hydrogens (primary N) is 1. The standard InChI is InChI=1S/C24H24N2/c1-17-13-14-22(26-24(17)20-11-7-4-8-12-20)21-15-18(2)23(25-16-21)19-9-5-3-6-10-19/h3-13,15-16,22,24,26H,14H2,1-2H3/p+1/t22-,24-/m0/s1. The zero-order valence-electron chi connectivity index (χ0n) is 15.4. The van der Waals surface area contributed by atoms with Crippen molar-refractivity contribution in [3.05, 3.63) is 101 Å². The van der Waals surface area contributed by atoms with Crippen molar-refractivity contribution in [2.24, 2.45) is 0 Å². The first-order chi connectivity index (χ1) is 12.7. The van der Waals surface area contributed by atoms with E-state index in [1.807, 2.05) is 6.07 Å². The maximum atomic E-state index is 4.80. The summed E-state index contributed by atoms with van der Waals surface area (Å²) in [6, 6.07) is 24.3. The largest absolute Gasteiger partial charge is 0.330 e. The van der Waals surface area contributed by atoms with Crippen molar-refractivity contribution in [1.82, 2.24) is 4.98 Å². The highest BCUT2D eigenvalue weighted by atomic mass is 15.0. The summed E-state index contributed by atoms with van der Waals surface area (Å²) in [7, 11) is 0. The van der Waals surface area contributed by atoms with E-state index in [1.165, 1.54) is 27.8 Å². The Hall–Kier alpha value is -2.71. The van der Waals surface area contributed by atoms with Gasteiger partial charge in [0.05, 0.1) is 5.69 Å². The van der Waals surface area contributed by atoms with E-state index in [-0.39, 0.29) is 0 Å². The molecule has 0 amide bonds. The lowest BCUT2D eigenvalue weighted by atomic mass is 9.90. The molecule has 1 aromatic heterocycles. The van der Waals surface area contributed by atoms with Gasteiger partial charge in [-0.1, -0.05) is 66.7 Å². The molecule has 0 radical (unpaired) electrons. The summed E-state index contributed by atoms with van der Waals surface area (Å²) in [4.78, 5) is 4.80. The average Bonchev–Trinajstić information content (AvgIpc) is 2.69. The van der Waals surface area contributed by atoms with E-state index < -0.39 is 0 Å². The highest BCUT2D eigenvalue weighted by molar-refractivity contribution is 5.62. The Balaban J connectivity index is 1.61. The number of pyridine rings is 1. The van der Waals surface area contributed by atoms with Crippen molar-refractivity contribution in [2.45, 2.75) is 32.4 Å². The predicted molar refractivity (Wildman–Crippen MR) is 107 cm³/mol. The number of quaternary nitrogens is 1. The van der Waals surface area contributed by atoms with E-state index in [1.54, 1.807) is 0 Å². The quantitative estimate of drug-likeness (QED) is 0.684.